The van der Waals surface area contributed by atoms with Gasteiger partial charge in [-0.2, -0.15) is 5.10 Å². The molecule has 0 aliphatic carbocycles. The molecule has 0 unspecified atom stereocenters. The first-order valence-corrected chi connectivity index (χ1v) is 7.62. The molecule has 0 aliphatic heterocycles. The zero-order chi connectivity index (χ0) is 17.6. The lowest BCUT2D eigenvalue weighted by Crippen LogP contribution is -2.11. The topological polar surface area (TPSA) is 65.7 Å². The van der Waals surface area contributed by atoms with Crippen LogP contribution in [-0.2, 0) is 0 Å². The number of hydrogen-bond acceptors (Lipinski definition) is 4. The summed E-state index contributed by atoms with van der Waals surface area (Å²) in [7, 11) is 3.06. The Morgan fingerprint density at radius 1 is 1.00 bits per heavy atom. The summed E-state index contributed by atoms with van der Waals surface area (Å²) in [6.07, 6.45) is 3.30. The standard InChI is InChI=1S/C19H17N3O3/c1-24-17-10-14(11-18(12-17)25-2)19(23)21-15-8-9-22(20-13-15)16-6-4-3-5-7-16/h3-13H,1-2H3. The summed E-state index contributed by atoms with van der Waals surface area (Å²) in [4.78, 5) is 16.5. The zero-order valence-electron chi connectivity index (χ0n) is 13.9. The number of hydrogen-bond donors (Lipinski definition) is 0. The minimum Gasteiger partial charge on any atom is -0.497 e. The van der Waals surface area contributed by atoms with Gasteiger partial charge < -0.3 is 9.47 Å². The highest BCUT2D eigenvalue weighted by molar-refractivity contribution is 5.95. The highest BCUT2D eigenvalue weighted by Gasteiger charge is 2.08. The van der Waals surface area contributed by atoms with Crippen molar-refractivity contribution >= 4 is 5.91 Å². The van der Waals surface area contributed by atoms with Crippen LogP contribution in [0.4, 0.5) is 0 Å². The zero-order valence-corrected chi connectivity index (χ0v) is 13.9. The largest absolute Gasteiger partial charge is 0.497 e. The highest BCUT2D eigenvalue weighted by Crippen LogP contribution is 2.22. The average molecular weight is 335 g/mol. The van der Waals surface area contributed by atoms with Crippen molar-refractivity contribution in [3.8, 4) is 17.2 Å². The minimum atomic E-state index is -0.392. The molecule has 1 aromatic heterocycles. The molecule has 3 aromatic rings. The van der Waals surface area contributed by atoms with Crippen molar-refractivity contribution in [1.82, 2.24) is 9.78 Å². The second kappa shape index (κ2) is 7.44. The number of benzene rings is 2. The molecule has 3 rings (SSSR count). The lowest BCUT2D eigenvalue weighted by Gasteiger charge is -2.06. The molecule has 0 saturated heterocycles. The molecule has 0 N–H and O–H groups in total. The van der Waals surface area contributed by atoms with Gasteiger partial charge in [-0.1, -0.05) is 18.2 Å². The van der Waals surface area contributed by atoms with Gasteiger partial charge in [0.2, 0.25) is 0 Å². The van der Waals surface area contributed by atoms with E-state index in [1.165, 1.54) is 14.2 Å². The number of ether oxygens (including phenoxy) is 2. The van der Waals surface area contributed by atoms with Gasteiger partial charge in [-0.15, -0.1) is 0 Å². The normalized spacial score (nSPS) is 11.2. The molecule has 6 heteroatoms. The first-order valence-electron chi connectivity index (χ1n) is 7.62. The smallest absolute Gasteiger partial charge is 0.277 e. The summed E-state index contributed by atoms with van der Waals surface area (Å²) in [6, 6.07) is 16.4. The fourth-order valence-electron chi connectivity index (χ4n) is 2.26. The molecule has 25 heavy (non-hydrogen) atoms. The van der Waals surface area contributed by atoms with E-state index in [0.717, 1.165) is 5.69 Å². The molecular weight excluding hydrogens is 318 g/mol. The van der Waals surface area contributed by atoms with Crippen molar-refractivity contribution in [3.05, 3.63) is 77.9 Å². The molecule has 0 radical (unpaired) electrons. The number of amides is 1. The first-order chi connectivity index (χ1) is 12.2. The molecule has 2 aromatic carbocycles. The number of aromatic nitrogens is 2. The molecule has 126 valence electrons. The summed E-state index contributed by atoms with van der Waals surface area (Å²) in [5.74, 6) is 0.675. The molecule has 0 atom stereocenters. The minimum absolute atomic E-state index is 0.385. The van der Waals surface area contributed by atoms with E-state index in [1.54, 1.807) is 41.3 Å². The summed E-state index contributed by atoms with van der Waals surface area (Å²) < 4.78 is 12.1. The fraction of sp³-hybridized carbons (Fsp3) is 0.105. The summed E-state index contributed by atoms with van der Waals surface area (Å²) in [5, 5.41) is 4.76. The van der Waals surface area contributed by atoms with Gasteiger partial charge in [0.25, 0.3) is 5.91 Å². The van der Waals surface area contributed by atoms with Crippen LogP contribution in [0.15, 0.2) is 72.0 Å². The van der Waals surface area contributed by atoms with E-state index in [9.17, 15) is 4.79 Å². The Labute approximate surface area is 145 Å². The van der Waals surface area contributed by atoms with Gasteiger partial charge in [-0.05, 0) is 30.3 Å². The number of para-hydroxylation sites is 1. The Morgan fingerprint density at radius 2 is 1.68 bits per heavy atom. The van der Waals surface area contributed by atoms with Crippen LogP contribution >= 0.6 is 0 Å². The number of nitrogens with zero attached hydrogens (tertiary/aromatic N) is 3. The molecule has 6 nitrogen and oxygen atoms in total. The van der Waals surface area contributed by atoms with Crippen LogP contribution in [0.1, 0.15) is 10.4 Å². The van der Waals surface area contributed by atoms with Crippen LogP contribution < -0.4 is 14.8 Å². The van der Waals surface area contributed by atoms with Gasteiger partial charge in [0.05, 0.1) is 31.5 Å². The summed E-state index contributed by atoms with van der Waals surface area (Å²) >= 11 is 0. The van der Waals surface area contributed by atoms with Crippen molar-refractivity contribution in [1.29, 1.82) is 0 Å². The van der Waals surface area contributed by atoms with Gasteiger partial charge in [0.1, 0.15) is 11.5 Å². The predicted molar refractivity (Wildman–Crippen MR) is 93.0 cm³/mol. The van der Waals surface area contributed by atoms with E-state index in [4.69, 9.17) is 9.47 Å². The van der Waals surface area contributed by atoms with Crippen molar-refractivity contribution in [2.24, 2.45) is 4.99 Å². The monoisotopic (exact) mass is 335 g/mol. The second-order valence-corrected chi connectivity index (χ2v) is 5.18. The lowest BCUT2D eigenvalue weighted by atomic mass is 10.2. The van der Waals surface area contributed by atoms with Crippen LogP contribution in [0.25, 0.3) is 5.69 Å². The Balaban J connectivity index is 1.89. The number of methoxy groups -OCH3 is 2. The SMILES string of the molecule is COc1cc(OC)cc(C(=O)N=c2ccn(-c3ccccc3)nc2)c1. The number of carbonyl (C=O) groups excluding carboxylic acids is 1. The van der Waals surface area contributed by atoms with Crippen molar-refractivity contribution < 1.29 is 14.3 Å². The maximum absolute atomic E-state index is 12.4. The molecule has 0 fully saturated rings. The van der Waals surface area contributed by atoms with Gasteiger partial charge in [-0.25, -0.2) is 9.67 Å². The van der Waals surface area contributed by atoms with Gasteiger partial charge in [0, 0.05) is 17.8 Å². The Kier molecular flexibility index (Phi) is 4.89. The van der Waals surface area contributed by atoms with Crippen LogP contribution in [-0.4, -0.2) is 29.9 Å². The van der Waals surface area contributed by atoms with Crippen molar-refractivity contribution in [3.63, 3.8) is 0 Å². The van der Waals surface area contributed by atoms with Gasteiger partial charge in [-0.3, -0.25) is 4.79 Å². The summed E-state index contributed by atoms with van der Waals surface area (Å²) in [5.41, 5.74) is 1.31. The van der Waals surface area contributed by atoms with E-state index in [1.807, 2.05) is 30.3 Å². The van der Waals surface area contributed by atoms with E-state index < -0.39 is 5.91 Å². The molecule has 0 saturated carbocycles. The summed E-state index contributed by atoms with van der Waals surface area (Å²) in [6.45, 7) is 0. The first kappa shape index (κ1) is 16.4. The molecule has 0 bridgehead atoms. The predicted octanol–water partition coefficient (Wildman–Crippen LogP) is 2.63. The Morgan fingerprint density at radius 3 is 2.24 bits per heavy atom. The quantitative estimate of drug-likeness (QED) is 0.735. The van der Waals surface area contributed by atoms with E-state index in [2.05, 4.69) is 10.1 Å². The molecule has 0 aliphatic rings. The van der Waals surface area contributed by atoms with E-state index >= 15 is 0 Å². The number of carbonyl (C=O) groups is 1. The van der Waals surface area contributed by atoms with Crippen molar-refractivity contribution in [2.75, 3.05) is 14.2 Å². The Bertz CT molecular complexity index is 907. The van der Waals surface area contributed by atoms with Crippen LogP contribution in [0.2, 0.25) is 0 Å². The van der Waals surface area contributed by atoms with Crippen LogP contribution in [0.3, 0.4) is 0 Å². The number of rotatable bonds is 4. The van der Waals surface area contributed by atoms with E-state index in [0.29, 0.717) is 22.4 Å². The molecule has 1 amide bonds. The molecule has 0 spiro atoms. The average Bonchev–Trinajstić information content (AvgIpc) is 2.68. The molecule has 1 heterocycles. The lowest BCUT2D eigenvalue weighted by molar-refractivity contribution is 0.0997. The third-order valence-electron chi connectivity index (χ3n) is 3.55. The maximum atomic E-state index is 12.4. The van der Waals surface area contributed by atoms with Crippen molar-refractivity contribution in [2.45, 2.75) is 0 Å². The third kappa shape index (κ3) is 3.92. The van der Waals surface area contributed by atoms with Gasteiger partial charge in [0.15, 0.2) is 0 Å². The maximum Gasteiger partial charge on any atom is 0.277 e. The molecular formula is C19H17N3O3. The Hall–Kier alpha value is -3.41. The van der Waals surface area contributed by atoms with Crippen LogP contribution in [0.5, 0.6) is 11.5 Å². The van der Waals surface area contributed by atoms with E-state index in [-0.39, 0.29) is 0 Å². The second-order valence-electron chi connectivity index (χ2n) is 5.18. The fourth-order valence-corrected chi connectivity index (χ4v) is 2.26. The highest BCUT2D eigenvalue weighted by atomic mass is 16.5. The third-order valence-corrected chi connectivity index (χ3v) is 3.55. The van der Waals surface area contributed by atoms with Crippen LogP contribution in [0, 0.1) is 0 Å². The van der Waals surface area contributed by atoms with Gasteiger partial charge >= 0.3 is 0 Å².